The number of carboxylic acid groups (broad SMARTS) is 1. The first-order chi connectivity index (χ1) is 10.1. The average Bonchev–Trinajstić information content (AvgIpc) is 2.95. The van der Waals surface area contributed by atoms with Gasteiger partial charge < -0.3 is 5.11 Å². The van der Waals surface area contributed by atoms with Crippen LogP contribution in [0.2, 0.25) is 0 Å². The Morgan fingerprint density at radius 2 is 1.81 bits per heavy atom. The Hall–Kier alpha value is -2.62. The zero-order chi connectivity index (χ0) is 15.0. The van der Waals surface area contributed by atoms with Gasteiger partial charge in [0.05, 0.1) is 16.9 Å². The number of fused-ring (bicyclic) bond motifs is 1. The number of nitrogens with zero attached hydrogens (tertiary/aromatic N) is 2. The fourth-order valence-corrected chi connectivity index (χ4v) is 2.45. The molecule has 0 radical (unpaired) electrons. The second-order valence-electron chi connectivity index (χ2n) is 5.32. The first-order valence-corrected chi connectivity index (χ1v) is 6.89. The summed E-state index contributed by atoms with van der Waals surface area (Å²) in [6, 6.07) is 12.9. The molecule has 0 unspecified atom stereocenters. The maximum Gasteiger partial charge on any atom is 0.336 e. The zero-order valence-corrected chi connectivity index (χ0v) is 11.9. The number of aromatic carboxylic acids is 1. The Morgan fingerprint density at radius 1 is 1.10 bits per heavy atom. The highest BCUT2D eigenvalue weighted by Gasteiger charge is 2.13. The summed E-state index contributed by atoms with van der Waals surface area (Å²) in [5.41, 5.74) is 2.22. The number of benzene rings is 2. The van der Waals surface area contributed by atoms with Crippen LogP contribution in [0, 0.1) is 0 Å². The lowest BCUT2D eigenvalue weighted by Crippen LogP contribution is -2.02. The molecule has 1 N–H and O–H groups in total. The van der Waals surface area contributed by atoms with E-state index < -0.39 is 5.97 Å². The molecule has 0 aliphatic rings. The van der Waals surface area contributed by atoms with E-state index >= 15 is 0 Å². The summed E-state index contributed by atoms with van der Waals surface area (Å²) in [4.78, 5) is 11.3. The Bertz CT molecular complexity index is 819. The Balaban J connectivity index is 2.24. The molecule has 4 nitrogen and oxygen atoms in total. The van der Waals surface area contributed by atoms with Gasteiger partial charge in [-0.3, -0.25) is 0 Å². The molecule has 0 fully saturated rings. The lowest BCUT2D eigenvalue weighted by Gasteiger charge is -2.09. The van der Waals surface area contributed by atoms with Gasteiger partial charge in [-0.15, -0.1) is 0 Å². The Morgan fingerprint density at radius 3 is 2.43 bits per heavy atom. The number of carbonyl (C=O) groups is 1. The van der Waals surface area contributed by atoms with Crippen LogP contribution in [-0.2, 0) is 0 Å². The van der Waals surface area contributed by atoms with Crippen LogP contribution in [0.15, 0.2) is 48.7 Å². The summed E-state index contributed by atoms with van der Waals surface area (Å²) >= 11 is 0. The summed E-state index contributed by atoms with van der Waals surface area (Å²) in [6.45, 7) is 4.19. The van der Waals surface area contributed by atoms with Gasteiger partial charge in [0.1, 0.15) is 0 Å². The SMILES string of the molecule is CC(C)c1ccn(-c2ccc(C(=O)O)c3ccccc23)n1. The number of rotatable bonds is 3. The van der Waals surface area contributed by atoms with Crippen molar-refractivity contribution < 1.29 is 9.90 Å². The maximum atomic E-state index is 11.3. The van der Waals surface area contributed by atoms with Gasteiger partial charge in [0.2, 0.25) is 0 Å². The van der Waals surface area contributed by atoms with Crippen molar-refractivity contribution in [3.05, 3.63) is 59.9 Å². The largest absolute Gasteiger partial charge is 0.478 e. The summed E-state index contributed by atoms with van der Waals surface area (Å²) in [6.07, 6.45) is 1.91. The highest BCUT2D eigenvalue weighted by atomic mass is 16.4. The normalized spacial score (nSPS) is 11.2. The van der Waals surface area contributed by atoms with E-state index in [0.29, 0.717) is 11.5 Å². The van der Waals surface area contributed by atoms with Crippen molar-refractivity contribution in [1.82, 2.24) is 9.78 Å². The first kappa shape index (κ1) is 13.4. The van der Waals surface area contributed by atoms with E-state index in [1.165, 1.54) is 0 Å². The molecule has 0 aliphatic heterocycles. The van der Waals surface area contributed by atoms with Crippen LogP contribution in [0.25, 0.3) is 16.5 Å². The molecule has 1 aromatic heterocycles. The summed E-state index contributed by atoms with van der Waals surface area (Å²) in [5.74, 6) is -0.558. The van der Waals surface area contributed by atoms with E-state index in [0.717, 1.165) is 22.2 Å². The minimum atomic E-state index is -0.916. The second kappa shape index (κ2) is 5.05. The van der Waals surface area contributed by atoms with Crippen LogP contribution in [-0.4, -0.2) is 20.9 Å². The first-order valence-electron chi connectivity index (χ1n) is 6.89. The van der Waals surface area contributed by atoms with Gasteiger partial charge in [-0.2, -0.15) is 5.10 Å². The third kappa shape index (κ3) is 2.29. The van der Waals surface area contributed by atoms with Crippen molar-refractivity contribution >= 4 is 16.7 Å². The smallest absolute Gasteiger partial charge is 0.336 e. The van der Waals surface area contributed by atoms with Crippen molar-refractivity contribution in [3.8, 4) is 5.69 Å². The van der Waals surface area contributed by atoms with Gasteiger partial charge >= 0.3 is 5.97 Å². The van der Waals surface area contributed by atoms with Crippen LogP contribution in [0.5, 0.6) is 0 Å². The van der Waals surface area contributed by atoms with Crippen molar-refractivity contribution in [2.45, 2.75) is 19.8 Å². The van der Waals surface area contributed by atoms with E-state index in [4.69, 9.17) is 0 Å². The van der Waals surface area contributed by atoms with E-state index in [1.54, 1.807) is 6.07 Å². The molecule has 0 spiro atoms. The zero-order valence-electron chi connectivity index (χ0n) is 11.9. The minimum Gasteiger partial charge on any atom is -0.478 e. The summed E-state index contributed by atoms with van der Waals surface area (Å²) < 4.78 is 1.81. The molecule has 1 heterocycles. The highest BCUT2D eigenvalue weighted by molar-refractivity contribution is 6.06. The number of aromatic nitrogens is 2. The molecular formula is C17H16N2O2. The Labute approximate surface area is 122 Å². The molecule has 0 saturated heterocycles. The molecular weight excluding hydrogens is 264 g/mol. The fraction of sp³-hybridized carbons (Fsp3) is 0.176. The summed E-state index contributed by atoms with van der Waals surface area (Å²) in [7, 11) is 0. The van der Waals surface area contributed by atoms with Crippen LogP contribution in [0.4, 0.5) is 0 Å². The van der Waals surface area contributed by atoms with E-state index in [1.807, 2.05) is 47.3 Å². The van der Waals surface area contributed by atoms with E-state index in [2.05, 4.69) is 18.9 Å². The molecule has 0 bridgehead atoms. The molecule has 0 atom stereocenters. The van der Waals surface area contributed by atoms with Gasteiger partial charge in [-0.05, 0) is 29.5 Å². The number of hydrogen-bond acceptors (Lipinski definition) is 2. The molecule has 106 valence electrons. The molecule has 0 amide bonds. The van der Waals surface area contributed by atoms with Gasteiger partial charge in [0.15, 0.2) is 0 Å². The molecule has 0 saturated carbocycles. The molecule has 3 rings (SSSR count). The van der Waals surface area contributed by atoms with Gasteiger partial charge in [-0.25, -0.2) is 9.48 Å². The second-order valence-corrected chi connectivity index (χ2v) is 5.32. The lowest BCUT2D eigenvalue weighted by molar-refractivity contribution is 0.0699. The summed E-state index contributed by atoms with van der Waals surface area (Å²) in [5, 5.41) is 15.5. The topological polar surface area (TPSA) is 55.1 Å². The lowest BCUT2D eigenvalue weighted by atomic mass is 10.0. The van der Waals surface area contributed by atoms with Crippen molar-refractivity contribution in [3.63, 3.8) is 0 Å². The standard InChI is InChI=1S/C17H16N2O2/c1-11(2)15-9-10-19(18-15)16-8-7-14(17(20)21)12-5-3-4-6-13(12)16/h3-11H,1-2H3,(H,20,21). The minimum absolute atomic E-state index is 0.311. The molecule has 2 aromatic carbocycles. The number of carboxylic acids is 1. The predicted molar refractivity (Wildman–Crippen MR) is 82.1 cm³/mol. The van der Waals surface area contributed by atoms with Gasteiger partial charge in [0, 0.05) is 11.6 Å². The van der Waals surface area contributed by atoms with Crippen molar-refractivity contribution in [1.29, 1.82) is 0 Å². The van der Waals surface area contributed by atoms with Crippen molar-refractivity contribution in [2.75, 3.05) is 0 Å². The Kier molecular flexibility index (Phi) is 3.22. The average molecular weight is 280 g/mol. The van der Waals surface area contributed by atoms with E-state index in [9.17, 15) is 9.90 Å². The van der Waals surface area contributed by atoms with Crippen LogP contribution >= 0.6 is 0 Å². The van der Waals surface area contributed by atoms with Crippen LogP contribution in [0.1, 0.15) is 35.8 Å². The van der Waals surface area contributed by atoms with E-state index in [-0.39, 0.29) is 0 Å². The molecule has 3 aromatic rings. The maximum absolute atomic E-state index is 11.3. The molecule has 21 heavy (non-hydrogen) atoms. The van der Waals surface area contributed by atoms with Crippen LogP contribution in [0.3, 0.4) is 0 Å². The third-order valence-electron chi connectivity index (χ3n) is 3.58. The van der Waals surface area contributed by atoms with Gasteiger partial charge in [-0.1, -0.05) is 38.1 Å². The molecule has 0 aliphatic carbocycles. The predicted octanol–water partition coefficient (Wildman–Crippen LogP) is 3.85. The monoisotopic (exact) mass is 280 g/mol. The third-order valence-corrected chi connectivity index (χ3v) is 3.58. The molecule has 4 heteroatoms. The van der Waals surface area contributed by atoms with Crippen LogP contribution < -0.4 is 0 Å². The fourth-order valence-electron chi connectivity index (χ4n) is 2.45. The van der Waals surface area contributed by atoms with Crippen molar-refractivity contribution in [2.24, 2.45) is 0 Å². The number of hydrogen-bond donors (Lipinski definition) is 1. The highest BCUT2D eigenvalue weighted by Crippen LogP contribution is 2.26. The quantitative estimate of drug-likeness (QED) is 0.793. The van der Waals surface area contributed by atoms with Gasteiger partial charge in [0.25, 0.3) is 0 Å².